The SMILES string of the molecule is C1=CC2C(C3N=C(c4ccccc4)N=C(c4ccc(N5C6=Cc7c(cccc7-n7c8ccccc8c8ccc9ccccc9c87)CC6C6=C5CCC=C6)c5ccccc45)N3)=CC3=C(C=CCC3)C2C=C1. The molecule has 3 heterocycles. The van der Waals surface area contributed by atoms with Crippen molar-refractivity contribution < 1.29 is 0 Å². The fourth-order valence-electron chi connectivity index (χ4n) is 13.0. The van der Waals surface area contributed by atoms with E-state index in [0.29, 0.717) is 5.92 Å². The van der Waals surface area contributed by atoms with E-state index in [9.17, 15) is 0 Å². The molecular formula is C65H49N5. The molecule has 0 fully saturated rings. The molecule has 0 bridgehead atoms. The van der Waals surface area contributed by atoms with Gasteiger partial charge in [0.1, 0.15) is 12.0 Å². The number of allylic oxidation sites excluding steroid dienone is 13. The van der Waals surface area contributed by atoms with Crippen LogP contribution < -0.4 is 10.2 Å². The van der Waals surface area contributed by atoms with Gasteiger partial charge in [0.05, 0.1) is 22.4 Å². The molecule has 7 aromatic carbocycles. The molecule has 7 aliphatic rings. The smallest absolute Gasteiger partial charge is 0.159 e. The van der Waals surface area contributed by atoms with Crippen LogP contribution in [0, 0.1) is 17.8 Å². The van der Waals surface area contributed by atoms with Gasteiger partial charge in [0.2, 0.25) is 0 Å². The van der Waals surface area contributed by atoms with Crippen molar-refractivity contribution in [3.8, 4) is 5.69 Å². The topological polar surface area (TPSA) is 44.9 Å². The van der Waals surface area contributed by atoms with Crippen molar-refractivity contribution in [2.75, 3.05) is 4.90 Å². The number of hydrogen-bond donors (Lipinski definition) is 1. The number of benzene rings is 7. The van der Waals surface area contributed by atoms with Crippen molar-refractivity contribution >= 4 is 66.8 Å². The highest BCUT2D eigenvalue weighted by Gasteiger charge is 2.41. The van der Waals surface area contributed by atoms with Gasteiger partial charge >= 0.3 is 0 Å². The van der Waals surface area contributed by atoms with Gasteiger partial charge in [-0.1, -0.05) is 176 Å². The average molecular weight is 900 g/mol. The summed E-state index contributed by atoms with van der Waals surface area (Å²) in [7, 11) is 0. The lowest BCUT2D eigenvalue weighted by molar-refractivity contribution is 0.528. The van der Waals surface area contributed by atoms with Gasteiger partial charge in [-0.2, -0.15) is 0 Å². The molecule has 15 rings (SSSR count). The maximum Gasteiger partial charge on any atom is 0.159 e. The minimum absolute atomic E-state index is 0.210. The average Bonchev–Trinajstić information content (AvgIpc) is 3.94. The van der Waals surface area contributed by atoms with E-state index in [-0.39, 0.29) is 18.0 Å². The van der Waals surface area contributed by atoms with Gasteiger partial charge in [0, 0.05) is 67.4 Å². The Labute approximate surface area is 407 Å². The van der Waals surface area contributed by atoms with Crippen molar-refractivity contribution in [3.63, 3.8) is 0 Å². The zero-order valence-electron chi connectivity index (χ0n) is 38.8. The Kier molecular flexibility index (Phi) is 8.86. The summed E-state index contributed by atoms with van der Waals surface area (Å²) in [6, 6.07) is 53.5. The summed E-state index contributed by atoms with van der Waals surface area (Å²) >= 11 is 0. The summed E-state index contributed by atoms with van der Waals surface area (Å²) < 4.78 is 2.55. The first-order chi connectivity index (χ1) is 34.7. The van der Waals surface area contributed by atoms with E-state index in [4.69, 9.17) is 9.98 Å². The van der Waals surface area contributed by atoms with E-state index in [2.05, 4.69) is 221 Å². The van der Waals surface area contributed by atoms with E-state index in [1.807, 2.05) is 0 Å². The van der Waals surface area contributed by atoms with Gasteiger partial charge < -0.3 is 14.8 Å². The Hall–Kier alpha value is -8.28. The van der Waals surface area contributed by atoms with Crippen molar-refractivity contribution in [2.24, 2.45) is 27.7 Å². The van der Waals surface area contributed by atoms with Crippen LogP contribution in [0.2, 0.25) is 0 Å². The lowest BCUT2D eigenvalue weighted by Crippen LogP contribution is -2.43. The molecule has 0 saturated heterocycles. The van der Waals surface area contributed by atoms with Gasteiger partial charge in [-0.3, -0.25) is 0 Å². The number of aliphatic imine (C=N–C) groups is 2. The molecule has 5 nitrogen and oxygen atoms in total. The number of nitrogens with one attached hydrogen (secondary N) is 1. The number of nitrogens with zero attached hydrogens (tertiary/aromatic N) is 4. The van der Waals surface area contributed by atoms with Crippen LogP contribution in [0.1, 0.15) is 47.9 Å². The predicted octanol–water partition coefficient (Wildman–Crippen LogP) is 14.8. The first kappa shape index (κ1) is 39.7. The molecule has 4 atom stereocenters. The molecule has 5 aliphatic carbocycles. The minimum atomic E-state index is -0.278. The van der Waals surface area contributed by atoms with E-state index in [0.717, 1.165) is 54.9 Å². The summed E-state index contributed by atoms with van der Waals surface area (Å²) in [5.74, 6) is 2.38. The van der Waals surface area contributed by atoms with Crippen LogP contribution >= 0.6 is 0 Å². The molecule has 1 N–H and O–H groups in total. The van der Waals surface area contributed by atoms with Crippen molar-refractivity contribution in [1.29, 1.82) is 0 Å². The van der Waals surface area contributed by atoms with Crippen LogP contribution in [0.3, 0.4) is 0 Å². The second-order valence-corrected chi connectivity index (χ2v) is 19.8. The highest BCUT2D eigenvalue weighted by molar-refractivity contribution is 6.20. The highest BCUT2D eigenvalue weighted by Crippen LogP contribution is 2.52. The predicted molar refractivity (Wildman–Crippen MR) is 290 cm³/mol. The number of hydrogen-bond acceptors (Lipinski definition) is 4. The third-order valence-electron chi connectivity index (χ3n) is 16.1. The largest absolute Gasteiger partial charge is 0.344 e. The molecule has 2 aliphatic heterocycles. The van der Waals surface area contributed by atoms with Crippen LogP contribution in [0.15, 0.2) is 244 Å². The highest BCUT2D eigenvalue weighted by atomic mass is 15.2. The van der Waals surface area contributed by atoms with Crippen molar-refractivity contribution in [2.45, 2.75) is 38.3 Å². The molecule has 8 aromatic rings. The van der Waals surface area contributed by atoms with Crippen LogP contribution in [-0.2, 0) is 6.42 Å². The molecule has 0 amide bonds. The Balaban J connectivity index is 0.886. The fraction of sp³-hybridized carbons (Fsp3) is 0.138. The normalized spacial score (nSPS) is 22.1. The summed E-state index contributed by atoms with van der Waals surface area (Å²) in [4.78, 5) is 13.5. The van der Waals surface area contributed by atoms with Crippen molar-refractivity contribution in [1.82, 2.24) is 9.88 Å². The third-order valence-corrected chi connectivity index (χ3v) is 16.1. The molecular weight excluding hydrogens is 851 g/mol. The zero-order valence-corrected chi connectivity index (χ0v) is 38.8. The zero-order chi connectivity index (χ0) is 45.9. The number of para-hydroxylation sites is 1. The standard InChI is InChI=1S/C65H49N5/c1-2-18-41(19-3-1)63-66-64(68-65(67-63)56-38-42-20-5-6-22-44(42)46-24-8-9-25-47(46)56)53-35-36-60(49-27-11-10-26-48(49)53)69-57-30-14-13-29-51(57)55-37-43-21-16-32-59(54(43)39-61(55)69)70-58-31-15-12-28-50(58)52-34-33-40-17-4-7-23-45(40)62(52)70/h1-4,6-13,15-19,21-29,31-36,38-39,46-47,55,65H,5,14,20,30,37H2,(H,66,67,68). The van der Waals surface area contributed by atoms with E-state index >= 15 is 0 Å². The first-order valence-electron chi connectivity index (χ1n) is 25.1. The molecule has 5 heteroatoms. The summed E-state index contributed by atoms with van der Waals surface area (Å²) in [6.45, 7) is 0. The maximum atomic E-state index is 5.44. The van der Waals surface area contributed by atoms with Gasteiger partial charge in [-0.05, 0) is 101 Å². The molecule has 0 saturated carbocycles. The van der Waals surface area contributed by atoms with E-state index in [1.165, 1.54) is 99.5 Å². The first-order valence-corrected chi connectivity index (χ1v) is 25.1. The van der Waals surface area contributed by atoms with Gasteiger partial charge in [-0.25, -0.2) is 9.98 Å². The molecule has 70 heavy (non-hydrogen) atoms. The van der Waals surface area contributed by atoms with Gasteiger partial charge in [-0.15, -0.1) is 0 Å². The minimum Gasteiger partial charge on any atom is -0.344 e. The quantitative estimate of drug-likeness (QED) is 0.187. The number of rotatable bonds is 5. The van der Waals surface area contributed by atoms with E-state index in [1.54, 1.807) is 0 Å². The second kappa shape index (κ2) is 15.6. The maximum absolute atomic E-state index is 5.44. The Bertz CT molecular complexity index is 3920. The molecule has 1 aromatic heterocycles. The second-order valence-electron chi connectivity index (χ2n) is 19.8. The monoisotopic (exact) mass is 899 g/mol. The van der Waals surface area contributed by atoms with Gasteiger partial charge in [0.25, 0.3) is 0 Å². The van der Waals surface area contributed by atoms with Crippen LogP contribution in [0.4, 0.5) is 5.69 Å². The van der Waals surface area contributed by atoms with Crippen molar-refractivity contribution in [3.05, 3.63) is 256 Å². The van der Waals surface area contributed by atoms with Crippen LogP contribution in [0.5, 0.6) is 0 Å². The fourth-order valence-corrected chi connectivity index (χ4v) is 13.0. The lowest BCUT2D eigenvalue weighted by atomic mass is 9.70. The van der Waals surface area contributed by atoms with Crippen LogP contribution in [-0.4, -0.2) is 22.4 Å². The Morgan fingerprint density at radius 1 is 0.586 bits per heavy atom. The summed E-state index contributed by atoms with van der Waals surface area (Å²) in [5.41, 5.74) is 18.1. The number of amidine groups is 2. The number of aromatic nitrogens is 1. The molecule has 334 valence electrons. The third kappa shape index (κ3) is 5.97. The van der Waals surface area contributed by atoms with Crippen LogP contribution in [0.25, 0.3) is 55.1 Å². The van der Waals surface area contributed by atoms with E-state index < -0.39 is 0 Å². The van der Waals surface area contributed by atoms with Gasteiger partial charge in [0.15, 0.2) is 5.84 Å². The number of fused-ring (bicyclic) bond motifs is 11. The molecule has 0 spiro atoms. The number of anilines is 1. The molecule has 4 unspecified atom stereocenters. The summed E-state index contributed by atoms with van der Waals surface area (Å²) in [6.07, 6.45) is 28.5. The summed E-state index contributed by atoms with van der Waals surface area (Å²) in [5, 5.41) is 11.4. The Morgan fingerprint density at radius 2 is 1.36 bits per heavy atom. The lowest BCUT2D eigenvalue weighted by Gasteiger charge is -2.38. The Morgan fingerprint density at radius 3 is 2.26 bits per heavy atom. The molecule has 0 radical (unpaired) electrons.